The van der Waals surface area contributed by atoms with Crippen molar-refractivity contribution in [3.63, 3.8) is 0 Å². The van der Waals surface area contributed by atoms with Crippen LogP contribution in [0.25, 0.3) is 21.5 Å². The molecular formula is C24H24N2O2S4. The van der Waals surface area contributed by atoms with E-state index in [1.54, 1.807) is 0 Å². The zero-order valence-corrected chi connectivity index (χ0v) is 20.9. The highest BCUT2D eigenvalue weighted by molar-refractivity contribution is 8.77. The van der Waals surface area contributed by atoms with Crippen molar-refractivity contribution in [2.24, 2.45) is 0 Å². The molecular weight excluding hydrogens is 477 g/mol. The minimum absolute atomic E-state index is 0.815. The minimum atomic E-state index is 0.815. The Morgan fingerprint density at radius 1 is 0.594 bits per heavy atom. The normalized spacial score (nSPS) is 17.5. The number of benzene rings is 2. The summed E-state index contributed by atoms with van der Waals surface area (Å²) in [6, 6.07) is 13.4. The first-order chi connectivity index (χ1) is 15.9. The molecule has 8 heteroatoms. The van der Waals surface area contributed by atoms with Crippen LogP contribution in [0.5, 0.6) is 0 Å². The van der Waals surface area contributed by atoms with Gasteiger partial charge in [-0.1, -0.05) is 24.3 Å². The monoisotopic (exact) mass is 500 g/mol. The predicted molar refractivity (Wildman–Crippen MR) is 141 cm³/mol. The van der Waals surface area contributed by atoms with Gasteiger partial charge < -0.3 is 19.3 Å². The summed E-state index contributed by atoms with van der Waals surface area (Å²) in [7, 11) is 3.79. The van der Waals surface area contributed by atoms with Gasteiger partial charge in [0.05, 0.1) is 34.8 Å². The third-order valence-corrected chi connectivity index (χ3v) is 11.4. The van der Waals surface area contributed by atoms with Gasteiger partial charge in [0.1, 0.15) is 0 Å². The fourth-order valence-corrected chi connectivity index (χ4v) is 9.58. The van der Waals surface area contributed by atoms with Crippen LogP contribution in [-0.4, -0.2) is 52.6 Å². The van der Waals surface area contributed by atoms with E-state index in [1.807, 2.05) is 44.3 Å². The Hall–Kier alpha value is -1.42. The first-order valence-corrected chi connectivity index (χ1v) is 14.8. The highest BCUT2D eigenvalue weighted by atomic mass is 33.1. The molecule has 166 valence electrons. The van der Waals surface area contributed by atoms with Gasteiger partial charge in [0, 0.05) is 69.9 Å². The number of anilines is 2. The lowest BCUT2D eigenvalue weighted by Gasteiger charge is -2.29. The second-order valence-electron chi connectivity index (χ2n) is 7.89. The van der Waals surface area contributed by atoms with E-state index in [2.05, 4.69) is 57.0 Å². The van der Waals surface area contributed by atoms with Crippen molar-refractivity contribution in [1.82, 2.24) is 0 Å². The van der Waals surface area contributed by atoms with Crippen molar-refractivity contribution >= 4 is 77.2 Å². The van der Waals surface area contributed by atoms with Crippen LogP contribution in [0.4, 0.5) is 11.4 Å². The van der Waals surface area contributed by atoms with Gasteiger partial charge in [-0.3, -0.25) is 0 Å². The Morgan fingerprint density at radius 3 is 1.47 bits per heavy atom. The molecule has 4 heterocycles. The number of thiophene rings is 2. The van der Waals surface area contributed by atoms with Gasteiger partial charge in [-0.05, 0) is 33.7 Å². The maximum Gasteiger partial charge on any atom is 0.0789 e. The predicted octanol–water partition coefficient (Wildman–Crippen LogP) is 6.59. The molecule has 0 radical (unpaired) electrons. The molecule has 0 bridgehead atoms. The van der Waals surface area contributed by atoms with E-state index in [1.165, 1.54) is 41.3 Å². The third-order valence-electron chi connectivity index (χ3n) is 6.07. The molecule has 6 rings (SSSR count). The molecule has 0 unspecified atom stereocenters. The topological polar surface area (TPSA) is 24.9 Å². The second kappa shape index (κ2) is 9.44. The standard InChI is InChI=1S/C24H24N2O2S4/c1-3-17-19(21(5-1)25-7-11-27-12-8-25)15-29-23(17)31-32-24-18-4-2-6-22(20(18)16-30-24)26-9-13-28-14-10-26/h1-6,15-16H,7-14H2. The van der Waals surface area contributed by atoms with Crippen LogP contribution in [0.2, 0.25) is 0 Å². The van der Waals surface area contributed by atoms with Gasteiger partial charge in [0.15, 0.2) is 0 Å². The summed E-state index contributed by atoms with van der Waals surface area (Å²) in [5.41, 5.74) is 2.69. The van der Waals surface area contributed by atoms with Gasteiger partial charge in [-0.15, -0.1) is 22.7 Å². The summed E-state index contributed by atoms with van der Waals surface area (Å²) in [4.78, 5) is 4.92. The van der Waals surface area contributed by atoms with E-state index in [4.69, 9.17) is 9.47 Å². The van der Waals surface area contributed by atoms with Crippen molar-refractivity contribution in [3.05, 3.63) is 47.2 Å². The Balaban J connectivity index is 1.25. The largest absolute Gasteiger partial charge is 0.378 e. The summed E-state index contributed by atoms with van der Waals surface area (Å²) in [6.45, 7) is 7.15. The van der Waals surface area contributed by atoms with Gasteiger partial charge >= 0.3 is 0 Å². The molecule has 2 aromatic carbocycles. The Kier molecular flexibility index (Phi) is 6.24. The van der Waals surface area contributed by atoms with E-state index in [0.717, 1.165) is 52.6 Å². The second-order valence-corrected chi connectivity index (χ2v) is 12.3. The highest BCUT2D eigenvalue weighted by Crippen LogP contribution is 2.50. The molecule has 2 aromatic heterocycles. The van der Waals surface area contributed by atoms with Gasteiger partial charge in [-0.2, -0.15) is 0 Å². The molecule has 32 heavy (non-hydrogen) atoms. The van der Waals surface area contributed by atoms with Crippen molar-refractivity contribution in [2.45, 2.75) is 8.42 Å². The van der Waals surface area contributed by atoms with Crippen LogP contribution in [0.15, 0.2) is 55.6 Å². The average molecular weight is 501 g/mol. The minimum Gasteiger partial charge on any atom is -0.378 e. The molecule has 0 aliphatic carbocycles. The molecule has 4 aromatic rings. The first-order valence-electron chi connectivity index (χ1n) is 10.9. The smallest absolute Gasteiger partial charge is 0.0789 e. The maximum absolute atomic E-state index is 5.55. The maximum atomic E-state index is 5.55. The molecule has 2 aliphatic rings. The Bertz CT molecular complexity index is 1130. The molecule has 2 saturated heterocycles. The Labute approximate surface area is 203 Å². The summed E-state index contributed by atoms with van der Waals surface area (Å²) in [6.07, 6.45) is 0. The lowest BCUT2D eigenvalue weighted by Crippen LogP contribution is -2.36. The lowest BCUT2D eigenvalue weighted by atomic mass is 10.1. The number of fused-ring (bicyclic) bond motifs is 2. The molecule has 0 N–H and O–H groups in total. The van der Waals surface area contributed by atoms with E-state index >= 15 is 0 Å². The van der Waals surface area contributed by atoms with Gasteiger partial charge in [0.2, 0.25) is 0 Å². The summed E-state index contributed by atoms with van der Waals surface area (Å²) < 4.78 is 13.9. The van der Waals surface area contributed by atoms with E-state index in [-0.39, 0.29) is 0 Å². The number of ether oxygens (including phenoxy) is 2. The summed E-state index contributed by atoms with van der Waals surface area (Å²) in [5.74, 6) is 0. The number of morpholine rings is 2. The van der Waals surface area contributed by atoms with E-state index in [9.17, 15) is 0 Å². The molecule has 0 saturated carbocycles. The van der Waals surface area contributed by atoms with Crippen molar-refractivity contribution in [2.75, 3.05) is 62.4 Å². The van der Waals surface area contributed by atoms with Gasteiger partial charge in [0.25, 0.3) is 0 Å². The molecule has 4 nitrogen and oxygen atoms in total. The molecule has 0 atom stereocenters. The SMILES string of the molecule is c1cc(N2CCOCC2)c2csc(SSc3scc4c(N5CCOCC5)cccc34)c2c1. The molecule has 0 amide bonds. The van der Waals surface area contributed by atoms with Crippen molar-refractivity contribution in [3.8, 4) is 0 Å². The quantitative estimate of drug-likeness (QED) is 0.287. The highest BCUT2D eigenvalue weighted by Gasteiger charge is 2.18. The van der Waals surface area contributed by atoms with Crippen LogP contribution in [0.3, 0.4) is 0 Å². The number of hydrogen-bond donors (Lipinski definition) is 0. The zero-order chi connectivity index (χ0) is 21.3. The number of nitrogens with zero attached hydrogens (tertiary/aromatic N) is 2. The summed E-state index contributed by atoms with van der Waals surface area (Å²) >= 11 is 3.72. The zero-order valence-electron chi connectivity index (χ0n) is 17.6. The summed E-state index contributed by atoms with van der Waals surface area (Å²) in [5, 5.41) is 10.1. The lowest BCUT2D eigenvalue weighted by molar-refractivity contribution is 0.122. The van der Waals surface area contributed by atoms with Crippen LogP contribution < -0.4 is 9.80 Å². The Morgan fingerprint density at radius 2 is 1.03 bits per heavy atom. The van der Waals surface area contributed by atoms with Crippen LogP contribution in [0.1, 0.15) is 0 Å². The number of hydrogen-bond acceptors (Lipinski definition) is 8. The first kappa shape index (κ1) is 21.1. The fraction of sp³-hybridized carbons (Fsp3) is 0.333. The van der Waals surface area contributed by atoms with Gasteiger partial charge in [-0.25, -0.2) is 0 Å². The van der Waals surface area contributed by atoms with Crippen molar-refractivity contribution in [1.29, 1.82) is 0 Å². The van der Waals surface area contributed by atoms with Crippen LogP contribution in [-0.2, 0) is 9.47 Å². The van der Waals surface area contributed by atoms with Crippen molar-refractivity contribution < 1.29 is 9.47 Å². The van der Waals surface area contributed by atoms with Crippen LogP contribution >= 0.6 is 44.3 Å². The molecule has 2 fully saturated rings. The van der Waals surface area contributed by atoms with Crippen LogP contribution in [0, 0.1) is 0 Å². The fourth-order valence-electron chi connectivity index (χ4n) is 4.43. The average Bonchev–Trinajstić information content (AvgIpc) is 3.47. The molecule has 0 spiro atoms. The molecule has 2 aliphatic heterocycles. The van der Waals surface area contributed by atoms with E-state index < -0.39 is 0 Å². The third kappa shape index (κ3) is 4.02. The van der Waals surface area contributed by atoms with E-state index in [0.29, 0.717) is 0 Å². The number of rotatable bonds is 5.